The van der Waals surface area contributed by atoms with Crippen molar-refractivity contribution in [1.29, 1.82) is 0 Å². The Morgan fingerprint density at radius 2 is 1.82 bits per heavy atom. The van der Waals surface area contributed by atoms with Crippen molar-refractivity contribution in [2.75, 3.05) is 33.5 Å². The Bertz CT molecular complexity index is 1430. The Labute approximate surface area is 221 Å². The summed E-state index contributed by atoms with van der Waals surface area (Å²) in [5, 5.41) is 9.64. The molecule has 1 aromatic heterocycles. The minimum absolute atomic E-state index is 0.0508. The molecule has 0 aliphatic carbocycles. The first-order chi connectivity index (χ1) is 18.2. The molecule has 2 aliphatic heterocycles. The summed E-state index contributed by atoms with van der Waals surface area (Å²) in [5.41, 5.74) is 3.46. The number of ether oxygens (including phenoxy) is 4. The van der Waals surface area contributed by atoms with Gasteiger partial charge in [0.2, 0.25) is 0 Å². The van der Waals surface area contributed by atoms with Gasteiger partial charge in [-0.25, -0.2) is 4.79 Å². The molecule has 0 spiro atoms. The molecule has 2 aliphatic rings. The number of aromatic carboxylic acids is 1. The molecule has 0 saturated carbocycles. The van der Waals surface area contributed by atoms with Gasteiger partial charge in [0.05, 0.1) is 12.3 Å². The molecule has 200 valence electrons. The van der Waals surface area contributed by atoms with Crippen LogP contribution in [0.25, 0.3) is 22.4 Å². The molecule has 0 radical (unpaired) electrons. The molecule has 1 N–H and O–H groups in total. The molecule has 1 atom stereocenters. The largest absolute Gasteiger partial charge is 0.493 e. The third-order valence-corrected chi connectivity index (χ3v) is 7.14. The van der Waals surface area contributed by atoms with E-state index in [2.05, 4.69) is 26.8 Å². The fourth-order valence-corrected chi connectivity index (χ4v) is 5.18. The summed E-state index contributed by atoms with van der Waals surface area (Å²) >= 11 is 0. The number of methoxy groups -OCH3 is 1. The van der Waals surface area contributed by atoms with E-state index in [1.807, 2.05) is 28.8 Å². The van der Waals surface area contributed by atoms with Crippen LogP contribution in [-0.2, 0) is 11.2 Å². The normalized spacial score (nSPS) is 15.9. The molecule has 1 unspecified atom stereocenters. The van der Waals surface area contributed by atoms with Gasteiger partial charge in [-0.1, -0.05) is 26.8 Å². The fourth-order valence-electron chi connectivity index (χ4n) is 5.18. The number of carboxylic acids is 1. The van der Waals surface area contributed by atoms with E-state index in [1.165, 1.54) is 12.3 Å². The Kier molecular flexibility index (Phi) is 6.92. The molecule has 5 rings (SSSR count). The SMILES string of the molecule is COCCCOc1cc2c(cc1-c1ccc3c(c1)OCCO3)-c1cc(=O)c(C(=O)O)cn1C(C(C)(C)C)C2. The number of fused-ring (bicyclic) bond motifs is 4. The van der Waals surface area contributed by atoms with Crippen LogP contribution in [0.4, 0.5) is 0 Å². The number of carbonyl (C=O) groups is 1. The monoisotopic (exact) mass is 519 g/mol. The summed E-state index contributed by atoms with van der Waals surface area (Å²) in [4.78, 5) is 24.6. The highest BCUT2D eigenvalue weighted by atomic mass is 16.6. The van der Waals surface area contributed by atoms with Gasteiger partial charge in [-0.15, -0.1) is 0 Å². The summed E-state index contributed by atoms with van der Waals surface area (Å²) in [6, 6.07) is 11.3. The van der Waals surface area contributed by atoms with Crippen molar-refractivity contribution in [3.63, 3.8) is 0 Å². The van der Waals surface area contributed by atoms with Crippen LogP contribution in [0.2, 0.25) is 0 Å². The van der Waals surface area contributed by atoms with Gasteiger partial charge in [0.15, 0.2) is 16.9 Å². The lowest BCUT2D eigenvalue weighted by Gasteiger charge is -2.39. The Balaban J connectivity index is 1.69. The average molecular weight is 520 g/mol. The highest BCUT2D eigenvalue weighted by Crippen LogP contribution is 2.47. The summed E-state index contributed by atoms with van der Waals surface area (Å²) in [6.45, 7) is 8.45. The van der Waals surface area contributed by atoms with Gasteiger partial charge in [-0.2, -0.15) is 0 Å². The molecular formula is C30H33NO7. The minimum atomic E-state index is -1.22. The zero-order valence-electron chi connectivity index (χ0n) is 22.2. The van der Waals surface area contributed by atoms with Gasteiger partial charge >= 0.3 is 5.97 Å². The first-order valence-corrected chi connectivity index (χ1v) is 12.9. The number of pyridine rings is 1. The third-order valence-electron chi connectivity index (χ3n) is 7.14. The summed E-state index contributed by atoms with van der Waals surface area (Å²) in [5.74, 6) is 0.890. The molecule has 38 heavy (non-hydrogen) atoms. The van der Waals surface area contributed by atoms with E-state index in [0.717, 1.165) is 34.4 Å². The maximum atomic E-state index is 12.8. The molecule has 0 saturated heterocycles. The zero-order valence-corrected chi connectivity index (χ0v) is 22.2. The zero-order chi connectivity index (χ0) is 27.0. The van der Waals surface area contributed by atoms with Gasteiger partial charge in [0.25, 0.3) is 0 Å². The Hall–Kier alpha value is -3.78. The van der Waals surface area contributed by atoms with Crippen LogP contribution < -0.4 is 19.6 Å². The molecule has 0 bridgehead atoms. The lowest BCUT2D eigenvalue weighted by molar-refractivity contribution is 0.0693. The highest BCUT2D eigenvalue weighted by molar-refractivity contribution is 5.88. The topological polar surface area (TPSA) is 96.2 Å². The maximum absolute atomic E-state index is 12.8. The fraction of sp³-hybridized carbons (Fsp3) is 0.400. The van der Waals surface area contributed by atoms with Gasteiger partial charge in [0.1, 0.15) is 24.5 Å². The number of hydrogen-bond acceptors (Lipinski definition) is 6. The predicted molar refractivity (Wildman–Crippen MR) is 144 cm³/mol. The quantitative estimate of drug-likeness (QED) is 0.428. The number of benzene rings is 2. The number of nitrogens with zero attached hydrogens (tertiary/aromatic N) is 1. The predicted octanol–water partition coefficient (Wildman–Crippen LogP) is 5.21. The van der Waals surface area contributed by atoms with Crippen LogP contribution in [0.15, 0.2) is 47.4 Å². The van der Waals surface area contributed by atoms with Crippen LogP contribution in [0.3, 0.4) is 0 Å². The molecule has 2 aromatic carbocycles. The summed E-state index contributed by atoms with van der Waals surface area (Å²) in [6.07, 6.45) is 2.91. The molecule has 8 nitrogen and oxygen atoms in total. The Morgan fingerprint density at radius 1 is 1.05 bits per heavy atom. The van der Waals surface area contributed by atoms with E-state index in [1.54, 1.807) is 7.11 Å². The van der Waals surface area contributed by atoms with E-state index in [-0.39, 0.29) is 17.0 Å². The average Bonchev–Trinajstić information content (AvgIpc) is 2.89. The molecular weight excluding hydrogens is 486 g/mol. The maximum Gasteiger partial charge on any atom is 0.341 e. The van der Waals surface area contributed by atoms with Crippen molar-refractivity contribution in [2.24, 2.45) is 5.41 Å². The van der Waals surface area contributed by atoms with Crippen molar-refractivity contribution in [3.8, 4) is 39.6 Å². The second kappa shape index (κ2) is 10.2. The first-order valence-electron chi connectivity index (χ1n) is 12.9. The lowest BCUT2D eigenvalue weighted by Crippen LogP contribution is -2.32. The second-order valence-electron chi connectivity index (χ2n) is 10.8. The van der Waals surface area contributed by atoms with E-state index in [9.17, 15) is 14.7 Å². The highest BCUT2D eigenvalue weighted by Gasteiger charge is 2.34. The van der Waals surface area contributed by atoms with Crippen LogP contribution in [0.5, 0.6) is 17.2 Å². The van der Waals surface area contributed by atoms with Gasteiger partial charge < -0.3 is 28.6 Å². The van der Waals surface area contributed by atoms with Crippen LogP contribution >= 0.6 is 0 Å². The number of rotatable bonds is 7. The van der Waals surface area contributed by atoms with E-state index in [0.29, 0.717) is 50.0 Å². The first kappa shape index (κ1) is 25.9. The lowest BCUT2D eigenvalue weighted by atomic mass is 9.78. The van der Waals surface area contributed by atoms with Crippen molar-refractivity contribution in [1.82, 2.24) is 4.57 Å². The molecule has 8 heteroatoms. The van der Waals surface area contributed by atoms with Crippen LogP contribution in [0.1, 0.15) is 49.2 Å². The van der Waals surface area contributed by atoms with Gasteiger partial charge in [-0.3, -0.25) is 4.79 Å². The van der Waals surface area contributed by atoms with Crippen molar-refractivity contribution >= 4 is 5.97 Å². The van der Waals surface area contributed by atoms with E-state index in [4.69, 9.17) is 18.9 Å². The van der Waals surface area contributed by atoms with Crippen molar-refractivity contribution in [3.05, 3.63) is 63.9 Å². The second-order valence-corrected chi connectivity index (χ2v) is 10.8. The molecule has 3 heterocycles. The van der Waals surface area contributed by atoms with E-state index < -0.39 is 11.4 Å². The smallest absolute Gasteiger partial charge is 0.341 e. The standard InChI is InChI=1S/C30H33NO7/c1-30(2,3)28-14-19-13-26(36-9-5-8-35-4)21(18-6-7-25-27(12-18)38-11-10-37-25)15-20(19)23-16-24(32)22(29(33)34)17-31(23)28/h6-7,12-13,15-17,28H,5,8-11,14H2,1-4H3,(H,33,34). The Morgan fingerprint density at radius 3 is 2.53 bits per heavy atom. The van der Waals surface area contributed by atoms with Crippen LogP contribution in [0, 0.1) is 5.41 Å². The molecule has 0 amide bonds. The summed E-state index contributed by atoms with van der Waals surface area (Å²) in [7, 11) is 1.67. The molecule has 0 fully saturated rings. The third kappa shape index (κ3) is 4.88. The van der Waals surface area contributed by atoms with Gasteiger partial charge in [-0.05, 0) is 47.2 Å². The number of carboxylic acid groups (broad SMARTS) is 1. The number of hydrogen-bond donors (Lipinski definition) is 1. The summed E-state index contributed by atoms with van der Waals surface area (Å²) < 4.78 is 25.0. The van der Waals surface area contributed by atoms with E-state index >= 15 is 0 Å². The molecule has 3 aromatic rings. The van der Waals surface area contributed by atoms with Crippen molar-refractivity contribution < 1.29 is 28.8 Å². The van der Waals surface area contributed by atoms with Crippen LogP contribution in [-0.4, -0.2) is 49.2 Å². The minimum Gasteiger partial charge on any atom is -0.493 e. The van der Waals surface area contributed by atoms with Gasteiger partial charge in [0, 0.05) is 49.6 Å². The number of aromatic nitrogens is 1. The van der Waals surface area contributed by atoms with Crippen molar-refractivity contribution in [2.45, 2.75) is 39.7 Å².